The minimum absolute atomic E-state index is 0.103. The Morgan fingerprint density at radius 1 is 1.09 bits per heavy atom. The van der Waals surface area contributed by atoms with Crippen LogP contribution in [0.4, 0.5) is 4.39 Å². The summed E-state index contributed by atoms with van der Waals surface area (Å²) < 4.78 is 15.3. The number of hydrogen-bond acceptors (Lipinski definition) is 3. The number of carbonyl (C=O) groups is 1. The van der Waals surface area contributed by atoms with Crippen LogP contribution in [0.5, 0.6) is 0 Å². The second kappa shape index (κ2) is 7.90. The number of fused-ring (bicyclic) bond motifs is 6. The monoisotopic (exact) mass is 452 g/mol. The van der Waals surface area contributed by atoms with E-state index in [2.05, 4.69) is 12.0 Å². The van der Waals surface area contributed by atoms with E-state index in [4.69, 9.17) is 0 Å². The standard InChI is InChI=1S/C28H37FN2O2/c1-27-12-10-21-20-11-13-28(33,17-29)14-18(20)6-7-22(21)23(27)8-9-24(27)26(32)16-31-15-19-4-2-3-5-25(19)30-31/h2-5,15,18,20-24,33H,6-14,16-17H2,1H3/t18-,20+,21-,22-,23+,24-,27+,28-/m1/s1. The molecule has 1 heterocycles. The summed E-state index contributed by atoms with van der Waals surface area (Å²) >= 11 is 0. The molecule has 4 aliphatic rings. The van der Waals surface area contributed by atoms with Crippen molar-refractivity contribution in [3.05, 3.63) is 30.5 Å². The first-order chi connectivity index (χ1) is 15.9. The molecular weight excluding hydrogens is 415 g/mol. The fourth-order valence-electron chi connectivity index (χ4n) is 8.98. The van der Waals surface area contributed by atoms with E-state index in [-0.39, 0.29) is 11.3 Å². The normalized spacial score (nSPS) is 42.5. The molecule has 0 amide bonds. The molecule has 1 N–H and O–H groups in total. The van der Waals surface area contributed by atoms with Crippen LogP contribution in [0.1, 0.15) is 64.7 Å². The highest BCUT2D eigenvalue weighted by Gasteiger charge is 2.59. The van der Waals surface area contributed by atoms with Crippen molar-refractivity contribution in [3.8, 4) is 0 Å². The summed E-state index contributed by atoms with van der Waals surface area (Å²) in [6.45, 7) is 2.18. The molecule has 0 spiro atoms. The predicted octanol–water partition coefficient (Wildman–Crippen LogP) is 5.57. The van der Waals surface area contributed by atoms with Gasteiger partial charge in [-0.25, -0.2) is 4.39 Å². The van der Waals surface area contributed by atoms with Crippen molar-refractivity contribution < 1.29 is 14.3 Å². The maximum Gasteiger partial charge on any atom is 0.157 e. The smallest absolute Gasteiger partial charge is 0.157 e. The van der Waals surface area contributed by atoms with Gasteiger partial charge in [-0.05, 0) is 98.9 Å². The minimum atomic E-state index is -1.07. The van der Waals surface area contributed by atoms with E-state index in [0.29, 0.717) is 54.8 Å². The molecule has 0 bridgehead atoms. The van der Waals surface area contributed by atoms with Crippen LogP contribution >= 0.6 is 0 Å². The summed E-state index contributed by atoms with van der Waals surface area (Å²) in [7, 11) is 0. The Hall–Kier alpha value is -1.75. The number of halogens is 1. The molecule has 4 saturated carbocycles. The van der Waals surface area contributed by atoms with Gasteiger partial charge >= 0.3 is 0 Å². The first kappa shape index (κ1) is 21.8. The van der Waals surface area contributed by atoms with E-state index in [9.17, 15) is 14.3 Å². The molecule has 0 radical (unpaired) electrons. The highest BCUT2D eigenvalue weighted by Crippen LogP contribution is 2.64. The average molecular weight is 453 g/mol. The van der Waals surface area contributed by atoms with Crippen molar-refractivity contribution in [2.45, 2.75) is 76.9 Å². The summed E-state index contributed by atoms with van der Waals surface area (Å²) in [6.07, 6.45) is 11.1. The van der Waals surface area contributed by atoms with Crippen molar-refractivity contribution in [1.29, 1.82) is 0 Å². The lowest BCUT2D eigenvalue weighted by Gasteiger charge is -2.56. The number of aromatic nitrogens is 2. The number of carbonyl (C=O) groups excluding carboxylic acids is 1. The summed E-state index contributed by atoms with van der Waals surface area (Å²) in [4.78, 5) is 13.5. The van der Waals surface area contributed by atoms with E-state index >= 15 is 0 Å². The molecule has 33 heavy (non-hydrogen) atoms. The van der Waals surface area contributed by atoms with Gasteiger partial charge in [-0.2, -0.15) is 5.10 Å². The van der Waals surface area contributed by atoms with Crippen LogP contribution in [0, 0.1) is 40.9 Å². The van der Waals surface area contributed by atoms with Gasteiger partial charge in [0.15, 0.2) is 5.78 Å². The summed E-state index contributed by atoms with van der Waals surface area (Å²) in [6, 6.07) is 8.05. The van der Waals surface area contributed by atoms with Gasteiger partial charge in [-0.1, -0.05) is 25.1 Å². The number of rotatable bonds is 4. The van der Waals surface area contributed by atoms with E-state index in [1.165, 1.54) is 19.3 Å². The summed E-state index contributed by atoms with van der Waals surface area (Å²) in [5, 5.41) is 16.3. The molecule has 0 saturated heterocycles. The minimum Gasteiger partial charge on any atom is -0.387 e. The molecule has 178 valence electrons. The zero-order valence-corrected chi connectivity index (χ0v) is 19.8. The van der Waals surface area contributed by atoms with E-state index in [1.54, 1.807) is 0 Å². The fourth-order valence-corrected chi connectivity index (χ4v) is 8.98. The largest absolute Gasteiger partial charge is 0.387 e. The molecule has 5 heteroatoms. The van der Waals surface area contributed by atoms with Crippen LogP contribution in [0.2, 0.25) is 0 Å². The fraction of sp³-hybridized carbons (Fsp3) is 0.714. The van der Waals surface area contributed by atoms with Gasteiger partial charge in [-0.15, -0.1) is 0 Å². The Bertz CT molecular complexity index is 1020. The zero-order chi connectivity index (χ0) is 22.8. The van der Waals surface area contributed by atoms with Crippen molar-refractivity contribution in [3.63, 3.8) is 0 Å². The SMILES string of the molecule is C[C@]12CC[C@H]3[C@@H](CC[C@@H]4C[C@@](O)(CF)CC[C@@H]43)[C@@H]1CC[C@@H]2C(=O)Cn1cc2ccccc2n1. The predicted molar refractivity (Wildman–Crippen MR) is 126 cm³/mol. The molecule has 4 aliphatic carbocycles. The molecule has 0 aliphatic heterocycles. The number of nitrogens with zero attached hydrogens (tertiary/aromatic N) is 2. The van der Waals surface area contributed by atoms with Crippen LogP contribution in [0.15, 0.2) is 30.5 Å². The Kier molecular flexibility index (Phi) is 5.21. The van der Waals surface area contributed by atoms with Crippen molar-refractivity contribution in [1.82, 2.24) is 9.78 Å². The topological polar surface area (TPSA) is 55.1 Å². The Balaban J connectivity index is 1.17. The van der Waals surface area contributed by atoms with Crippen molar-refractivity contribution >= 4 is 16.7 Å². The Morgan fingerprint density at radius 2 is 1.91 bits per heavy atom. The molecule has 0 unspecified atom stereocenters. The number of alkyl halides is 1. The van der Waals surface area contributed by atoms with E-state index < -0.39 is 12.3 Å². The molecule has 4 fully saturated rings. The number of aliphatic hydroxyl groups is 1. The maximum atomic E-state index is 13.5. The summed E-state index contributed by atoms with van der Waals surface area (Å²) in [5.74, 6) is 3.65. The van der Waals surface area contributed by atoms with Gasteiger partial charge in [0, 0.05) is 17.5 Å². The molecular formula is C28H37FN2O2. The lowest BCUT2D eigenvalue weighted by Crippen LogP contribution is -2.52. The van der Waals surface area contributed by atoms with Gasteiger partial charge in [-0.3, -0.25) is 9.48 Å². The lowest BCUT2D eigenvalue weighted by molar-refractivity contribution is -0.134. The van der Waals surface area contributed by atoms with Crippen LogP contribution in [0.25, 0.3) is 10.9 Å². The van der Waals surface area contributed by atoms with Crippen molar-refractivity contribution in [2.75, 3.05) is 6.67 Å². The third kappa shape index (κ3) is 3.48. The van der Waals surface area contributed by atoms with Gasteiger partial charge in [0.25, 0.3) is 0 Å². The van der Waals surface area contributed by atoms with Crippen LogP contribution in [-0.2, 0) is 11.3 Å². The Morgan fingerprint density at radius 3 is 2.73 bits per heavy atom. The van der Waals surface area contributed by atoms with Gasteiger partial charge in [0.1, 0.15) is 6.67 Å². The molecule has 6 rings (SSSR count). The van der Waals surface area contributed by atoms with Crippen molar-refractivity contribution in [2.24, 2.45) is 40.9 Å². The first-order valence-corrected chi connectivity index (χ1v) is 13.1. The Labute approximate surface area is 195 Å². The van der Waals surface area contributed by atoms with Gasteiger partial charge in [0.2, 0.25) is 0 Å². The van der Waals surface area contributed by atoms with Gasteiger partial charge in [0.05, 0.1) is 17.7 Å². The maximum absolute atomic E-state index is 13.5. The number of hydrogen-bond donors (Lipinski definition) is 1. The lowest BCUT2D eigenvalue weighted by atomic mass is 9.49. The van der Waals surface area contributed by atoms with E-state index in [0.717, 1.165) is 36.6 Å². The molecule has 2 aromatic rings. The second-order valence-electron chi connectivity index (χ2n) is 12.1. The molecule has 1 aromatic heterocycles. The van der Waals surface area contributed by atoms with E-state index in [1.807, 2.05) is 35.1 Å². The highest BCUT2D eigenvalue weighted by molar-refractivity contribution is 5.83. The number of ketones is 1. The zero-order valence-electron chi connectivity index (χ0n) is 19.8. The third-order valence-electron chi connectivity index (χ3n) is 10.5. The molecule has 1 aromatic carbocycles. The van der Waals surface area contributed by atoms with Gasteiger partial charge < -0.3 is 5.11 Å². The third-order valence-corrected chi connectivity index (χ3v) is 10.5. The number of Topliss-reactive ketones (excluding diaryl/α,β-unsaturated/α-hetero) is 1. The first-order valence-electron chi connectivity index (χ1n) is 13.1. The second-order valence-corrected chi connectivity index (χ2v) is 12.1. The number of benzene rings is 1. The van der Waals surface area contributed by atoms with Crippen LogP contribution in [-0.4, -0.2) is 32.9 Å². The summed E-state index contributed by atoms with van der Waals surface area (Å²) in [5.41, 5.74) is -0.0176. The highest BCUT2D eigenvalue weighted by atomic mass is 19.1. The average Bonchev–Trinajstić information content (AvgIpc) is 3.38. The van der Waals surface area contributed by atoms with Crippen LogP contribution < -0.4 is 0 Å². The quantitative estimate of drug-likeness (QED) is 0.659. The van der Waals surface area contributed by atoms with Crippen LogP contribution in [0.3, 0.4) is 0 Å². The molecule has 8 atom stereocenters. The molecule has 4 nitrogen and oxygen atoms in total.